The second kappa shape index (κ2) is 5.95. The van der Waals surface area contributed by atoms with Gasteiger partial charge in [0.05, 0.1) is 12.4 Å². The predicted octanol–water partition coefficient (Wildman–Crippen LogP) is -0.624. The third-order valence-corrected chi connectivity index (χ3v) is 5.73. The number of aromatic nitrogens is 4. The number of hydrogen-bond acceptors (Lipinski definition) is 8. The van der Waals surface area contributed by atoms with Gasteiger partial charge in [-0.2, -0.15) is 0 Å². The first-order valence-corrected chi connectivity index (χ1v) is 10.0. The lowest BCUT2D eigenvalue weighted by molar-refractivity contribution is -0.130. The molecule has 11 nitrogen and oxygen atoms in total. The number of ether oxygens (including phenoxy) is 1. The minimum absolute atomic E-state index is 0.0711. The lowest BCUT2D eigenvalue weighted by Gasteiger charge is -2.33. The summed E-state index contributed by atoms with van der Waals surface area (Å²) in [6.45, 7) is 0. The van der Waals surface area contributed by atoms with Crippen molar-refractivity contribution in [2.75, 3.05) is 12.1 Å². The van der Waals surface area contributed by atoms with Gasteiger partial charge in [0.2, 0.25) is 0 Å². The average molecular weight is 385 g/mol. The fourth-order valence-electron chi connectivity index (χ4n) is 3.89. The van der Waals surface area contributed by atoms with Crippen LogP contribution in [0, 0.1) is 5.92 Å². The number of rotatable bonds is 5. The summed E-state index contributed by atoms with van der Waals surface area (Å²) in [5, 5.41) is 21.3. The van der Waals surface area contributed by atoms with Crippen LogP contribution in [0.3, 0.4) is 0 Å². The van der Waals surface area contributed by atoms with Gasteiger partial charge in [-0.15, -0.1) is 0 Å². The minimum Gasteiger partial charge on any atom is -0.388 e. The first-order valence-electron chi connectivity index (χ1n) is 8.20. The Morgan fingerprint density at radius 1 is 1.31 bits per heavy atom. The number of nitrogen functional groups attached to an aromatic ring is 1. The zero-order valence-electron chi connectivity index (χ0n) is 13.7. The monoisotopic (exact) mass is 385 g/mol. The fourth-order valence-corrected chi connectivity index (χ4v) is 4.30. The van der Waals surface area contributed by atoms with E-state index in [2.05, 4.69) is 15.0 Å². The van der Waals surface area contributed by atoms with E-state index in [1.807, 2.05) is 0 Å². The molecular formula is C14H20N5O6P. The summed E-state index contributed by atoms with van der Waals surface area (Å²) in [5.41, 5.74) is 5.36. The first-order chi connectivity index (χ1) is 12.2. The Labute approximate surface area is 148 Å². The van der Waals surface area contributed by atoms with Gasteiger partial charge in [0, 0.05) is 6.42 Å². The Bertz CT molecular complexity index is 882. The topological polar surface area (TPSA) is 177 Å². The van der Waals surface area contributed by atoms with Crippen LogP contribution in [-0.2, 0) is 9.30 Å². The van der Waals surface area contributed by atoms with E-state index < -0.39 is 37.8 Å². The summed E-state index contributed by atoms with van der Waals surface area (Å²) in [6, 6.07) is -0.623. The van der Waals surface area contributed by atoms with E-state index in [-0.39, 0.29) is 18.2 Å². The molecule has 2 heterocycles. The quantitative estimate of drug-likeness (QED) is 0.417. The Balaban J connectivity index is 1.70. The molecule has 2 aromatic heterocycles. The maximum atomic E-state index is 11.3. The molecule has 26 heavy (non-hydrogen) atoms. The molecule has 0 saturated heterocycles. The van der Waals surface area contributed by atoms with Crippen LogP contribution in [0.5, 0.6) is 0 Å². The van der Waals surface area contributed by atoms with Gasteiger partial charge in [0.25, 0.3) is 0 Å². The molecule has 0 bridgehead atoms. The molecule has 2 aromatic rings. The number of nitrogens with two attached hydrogens (primary N) is 1. The van der Waals surface area contributed by atoms with Crippen molar-refractivity contribution in [1.29, 1.82) is 0 Å². The Morgan fingerprint density at radius 2 is 2.04 bits per heavy atom. The number of imidazole rings is 1. The number of aliphatic hydroxyl groups is 2. The second-order valence-corrected chi connectivity index (χ2v) is 8.54. The van der Waals surface area contributed by atoms with Gasteiger partial charge >= 0.3 is 7.60 Å². The van der Waals surface area contributed by atoms with Crippen LogP contribution in [0.25, 0.3) is 11.2 Å². The normalized spacial score (nSPS) is 32.4. The van der Waals surface area contributed by atoms with Crippen molar-refractivity contribution >= 4 is 24.6 Å². The van der Waals surface area contributed by atoms with E-state index in [0.29, 0.717) is 11.2 Å². The lowest BCUT2D eigenvalue weighted by atomic mass is 9.93. The van der Waals surface area contributed by atoms with E-state index in [1.54, 1.807) is 4.57 Å². The van der Waals surface area contributed by atoms with Crippen LogP contribution in [0.2, 0.25) is 0 Å². The van der Waals surface area contributed by atoms with Crippen molar-refractivity contribution in [2.45, 2.75) is 43.1 Å². The van der Waals surface area contributed by atoms with Crippen molar-refractivity contribution in [1.82, 2.24) is 19.5 Å². The largest absolute Gasteiger partial charge is 0.388 e. The first kappa shape index (κ1) is 17.8. The van der Waals surface area contributed by atoms with E-state index in [9.17, 15) is 14.8 Å². The molecule has 12 heteroatoms. The van der Waals surface area contributed by atoms with Crippen molar-refractivity contribution in [2.24, 2.45) is 5.92 Å². The summed E-state index contributed by atoms with van der Waals surface area (Å²) in [4.78, 5) is 30.5. The van der Waals surface area contributed by atoms with E-state index in [4.69, 9.17) is 20.3 Å². The standard InChI is InChI=1S/C14H20N5O6P/c15-12-9-13(17-4-16-12)19(5-18-9)8-3-14(7-1-2-7,11(21)10(8)20)25-6-26(22,23)24/h4-5,7-8,10-11,20-21H,1-3,6H2,(H2,15,16,17)(H2,22,23,24)/t8-,10+,11+,14-/m1/s1. The van der Waals surface area contributed by atoms with Crippen LogP contribution in [0.4, 0.5) is 5.82 Å². The molecule has 2 aliphatic carbocycles. The molecule has 0 aromatic carbocycles. The van der Waals surface area contributed by atoms with Crippen LogP contribution in [0.1, 0.15) is 25.3 Å². The van der Waals surface area contributed by atoms with Gasteiger partial charge < -0.3 is 35.0 Å². The molecular weight excluding hydrogens is 365 g/mol. The molecule has 2 fully saturated rings. The maximum Gasteiger partial charge on any atom is 0.351 e. The van der Waals surface area contributed by atoms with Crippen LogP contribution in [0.15, 0.2) is 12.7 Å². The summed E-state index contributed by atoms with van der Waals surface area (Å²) in [7, 11) is -4.42. The highest BCUT2D eigenvalue weighted by Crippen LogP contribution is 2.55. The zero-order valence-corrected chi connectivity index (χ0v) is 14.6. The molecule has 0 spiro atoms. The molecule has 4 atom stereocenters. The SMILES string of the molecule is Nc1ncnc2c1ncn2[C@@H]1C[C@@](OCP(=O)(O)O)(C2CC2)[C@@H](O)[C@H]1O. The fraction of sp³-hybridized carbons (Fsp3) is 0.643. The molecule has 4 rings (SSSR count). The summed E-state index contributed by atoms with van der Waals surface area (Å²) >= 11 is 0. The third-order valence-electron chi connectivity index (χ3n) is 5.26. The molecule has 6 N–H and O–H groups in total. The Kier molecular flexibility index (Phi) is 4.07. The van der Waals surface area contributed by atoms with E-state index >= 15 is 0 Å². The Morgan fingerprint density at radius 3 is 2.69 bits per heavy atom. The number of nitrogens with zero attached hydrogens (tertiary/aromatic N) is 4. The highest BCUT2D eigenvalue weighted by atomic mass is 31.2. The van der Waals surface area contributed by atoms with Crippen LogP contribution in [-0.4, -0.2) is 63.7 Å². The Hall–Kier alpha value is -1.62. The zero-order chi connectivity index (χ0) is 18.7. The molecule has 0 amide bonds. The van der Waals surface area contributed by atoms with Crippen molar-refractivity contribution in [3.05, 3.63) is 12.7 Å². The van der Waals surface area contributed by atoms with Gasteiger partial charge in [-0.25, -0.2) is 15.0 Å². The average Bonchev–Trinajstić information content (AvgIpc) is 3.29. The second-order valence-electron chi connectivity index (χ2n) is 6.96. The molecule has 0 unspecified atom stereocenters. The van der Waals surface area contributed by atoms with Crippen molar-refractivity contribution < 1.29 is 29.3 Å². The molecule has 0 radical (unpaired) electrons. The summed E-state index contributed by atoms with van der Waals surface area (Å²) < 4.78 is 18.4. The van der Waals surface area contributed by atoms with Gasteiger partial charge in [-0.1, -0.05) is 0 Å². The van der Waals surface area contributed by atoms with Gasteiger partial charge in [-0.3, -0.25) is 4.57 Å². The van der Waals surface area contributed by atoms with Gasteiger partial charge in [-0.05, 0) is 18.8 Å². The van der Waals surface area contributed by atoms with Crippen LogP contribution < -0.4 is 5.73 Å². The number of hydrogen-bond donors (Lipinski definition) is 5. The van der Waals surface area contributed by atoms with Crippen molar-refractivity contribution in [3.8, 4) is 0 Å². The van der Waals surface area contributed by atoms with Crippen molar-refractivity contribution in [3.63, 3.8) is 0 Å². The van der Waals surface area contributed by atoms with Crippen LogP contribution >= 0.6 is 7.60 Å². The third kappa shape index (κ3) is 2.81. The molecule has 2 saturated carbocycles. The smallest absolute Gasteiger partial charge is 0.351 e. The highest BCUT2D eigenvalue weighted by molar-refractivity contribution is 7.51. The molecule has 0 aliphatic heterocycles. The number of aliphatic hydroxyl groups excluding tert-OH is 2. The maximum absolute atomic E-state index is 11.3. The summed E-state index contributed by atoms with van der Waals surface area (Å²) in [5.74, 6) is 0.131. The van der Waals surface area contributed by atoms with E-state index in [1.165, 1.54) is 12.7 Å². The molecule has 142 valence electrons. The molecule has 2 aliphatic rings. The van der Waals surface area contributed by atoms with Gasteiger partial charge in [0.15, 0.2) is 11.5 Å². The number of fused-ring (bicyclic) bond motifs is 1. The summed E-state index contributed by atoms with van der Waals surface area (Å²) in [6.07, 6.45) is 1.14. The number of anilines is 1. The van der Waals surface area contributed by atoms with E-state index in [0.717, 1.165) is 12.8 Å². The minimum atomic E-state index is -4.42. The lowest BCUT2D eigenvalue weighted by Crippen LogP contribution is -2.46. The highest BCUT2D eigenvalue weighted by Gasteiger charge is 2.61. The van der Waals surface area contributed by atoms with Gasteiger partial charge in [0.1, 0.15) is 36.0 Å². The predicted molar refractivity (Wildman–Crippen MR) is 88.9 cm³/mol.